The van der Waals surface area contributed by atoms with Gasteiger partial charge in [0.1, 0.15) is 0 Å². The number of ether oxygens (including phenoxy) is 2. The predicted octanol–water partition coefficient (Wildman–Crippen LogP) is -0.309. The standard InChI is InChI=1S/C12H26N2O3/c1-9(2)13-5-10(15)6-14-7-11(16-3)12(8-14)17-4/h9-13,15H,5-8H2,1-4H3. The third-order valence-corrected chi connectivity index (χ3v) is 3.13. The van der Waals surface area contributed by atoms with E-state index in [0.29, 0.717) is 19.1 Å². The molecule has 0 radical (unpaired) electrons. The summed E-state index contributed by atoms with van der Waals surface area (Å²) in [4.78, 5) is 2.19. The van der Waals surface area contributed by atoms with Crippen LogP contribution in [0.5, 0.6) is 0 Å². The molecular formula is C12H26N2O3. The lowest BCUT2D eigenvalue weighted by molar-refractivity contribution is -0.00461. The molecular weight excluding hydrogens is 220 g/mol. The predicted molar refractivity (Wildman–Crippen MR) is 67.2 cm³/mol. The minimum Gasteiger partial charge on any atom is -0.390 e. The second kappa shape index (κ2) is 7.28. The lowest BCUT2D eigenvalue weighted by Gasteiger charge is -2.20. The molecule has 3 unspecified atom stereocenters. The van der Waals surface area contributed by atoms with Crippen molar-refractivity contribution in [3.05, 3.63) is 0 Å². The fourth-order valence-electron chi connectivity index (χ4n) is 2.15. The van der Waals surface area contributed by atoms with Crippen LogP contribution < -0.4 is 5.32 Å². The lowest BCUT2D eigenvalue weighted by atomic mass is 10.3. The van der Waals surface area contributed by atoms with E-state index in [0.717, 1.165) is 13.1 Å². The molecule has 0 aliphatic carbocycles. The van der Waals surface area contributed by atoms with E-state index >= 15 is 0 Å². The van der Waals surface area contributed by atoms with E-state index in [1.54, 1.807) is 14.2 Å². The highest BCUT2D eigenvalue weighted by Gasteiger charge is 2.33. The maximum absolute atomic E-state index is 9.89. The topological polar surface area (TPSA) is 54.0 Å². The maximum Gasteiger partial charge on any atom is 0.0971 e. The van der Waals surface area contributed by atoms with Crippen LogP contribution in [0.3, 0.4) is 0 Å². The van der Waals surface area contributed by atoms with E-state index in [1.165, 1.54) is 0 Å². The molecule has 1 saturated heterocycles. The van der Waals surface area contributed by atoms with Crippen LogP contribution in [-0.4, -0.2) is 74.8 Å². The van der Waals surface area contributed by atoms with Gasteiger partial charge >= 0.3 is 0 Å². The molecule has 1 aliphatic heterocycles. The lowest BCUT2D eigenvalue weighted by Crippen LogP contribution is -2.39. The molecule has 0 aromatic heterocycles. The van der Waals surface area contributed by atoms with Gasteiger partial charge in [0.25, 0.3) is 0 Å². The van der Waals surface area contributed by atoms with Crippen molar-refractivity contribution in [3.8, 4) is 0 Å². The first-order valence-corrected chi connectivity index (χ1v) is 6.26. The van der Waals surface area contributed by atoms with Crippen molar-refractivity contribution in [1.82, 2.24) is 10.2 Å². The number of nitrogens with one attached hydrogen (secondary N) is 1. The van der Waals surface area contributed by atoms with Crippen molar-refractivity contribution in [1.29, 1.82) is 0 Å². The van der Waals surface area contributed by atoms with Crippen molar-refractivity contribution < 1.29 is 14.6 Å². The summed E-state index contributed by atoms with van der Waals surface area (Å²) in [6.45, 7) is 7.10. The van der Waals surface area contributed by atoms with Crippen LogP contribution in [0.2, 0.25) is 0 Å². The number of aliphatic hydroxyl groups is 1. The third-order valence-electron chi connectivity index (χ3n) is 3.13. The summed E-state index contributed by atoms with van der Waals surface area (Å²) < 4.78 is 10.7. The zero-order chi connectivity index (χ0) is 12.8. The normalized spacial score (nSPS) is 27.9. The summed E-state index contributed by atoms with van der Waals surface area (Å²) >= 11 is 0. The van der Waals surface area contributed by atoms with Gasteiger partial charge in [-0.05, 0) is 0 Å². The second-order valence-electron chi connectivity index (χ2n) is 4.98. The van der Waals surface area contributed by atoms with Gasteiger partial charge in [0.05, 0.1) is 18.3 Å². The number of likely N-dealkylation sites (tertiary alicyclic amines) is 1. The molecule has 0 aromatic carbocycles. The smallest absolute Gasteiger partial charge is 0.0971 e. The number of nitrogens with zero attached hydrogens (tertiary/aromatic N) is 1. The Hall–Kier alpha value is -0.200. The van der Waals surface area contributed by atoms with E-state index in [-0.39, 0.29) is 18.3 Å². The van der Waals surface area contributed by atoms with Crippen LogP contribution in [0, 0.1) is 0 Å². The van der Waals surface area contributed by atoms with Crippen molar-refractivity contribution in [3.63, 3.8) is 0 Å². The van der Waals surface area contributed by atoms with E-state index in [2.05, 4.69) is 24.1 Å². The van der Waals surface area contributed by atoms with Gasteiger partial charge in [0.15, 0.2) is 0 Å². The van der Waals surface area contributed by atoms with E-state index in [9.17, 15) is 5.11 Å². The summed E-state index contributed by atoms with van der Waals surface area (Å²) in [6.07, 6.45) is -0.110. The number of hydrogen-bond acceptors (Lipinski definition) is 5. The molecule has 1 aliphatic rings. The minimum atomic E-state index is -0.342. The average molecular weight is 246 g/mol. The average Bonchev–Trinajstić information content (AvgIpc) is 2.68. The first-order chi connectivity index (χ1) is 8.06. The maximum atomic E-state index is 9.89. The summed E-state index contributed by atoms with van der Waals surface area (Å²) in [5, 5.41) is 13.1. The molecule has 102 valence electrons. The van der Waals surface area contributed by atoms with Crippen LogP contribution >= 0.6 is 0 Å². The van der Waals surface area contributed by atoms with Crippen molar-refractivity contribution in [2.24, 2.45) is 0 Å². The molecule has 0 amide bonds. The fourth-order valence-corrected chi connectivity index (χ4v) is 2.15. The molecule has 0 saturated carbocycles. The molecule has 0 spiro atoms. The zero-order valence-corrected chi connectivity index (χ0v) is 11.3. The zero-order valence-electron chi connectivity index (χ0n) is 11.3. The number of hydrogen-bond donors (Lipinski definition) is 2. The number of methoxy groups -OCH3 is 2. The number of β-amino-alcohol motifs (C(OH)–C–C–N with tert-alkyl or cyclic N) is 1. The Morgan fingerprint density at radius 3 is 2.18 bits per heavy atom. The van der Waals surface area contributed by atoms with Crippen molar-refractivity contribution in [2.75, 3.05) is 40.4 Å². The van der Waals surface area contributed by atoms with Gasteiger partial charge in [-0.2, -0.15) is 0 Å². The molecule has 1 rings (SSSR count). The van der Waals surface area contributed by atoms with Gasteiger partial charge in [0, 0.05) is 46.4 Å². The van der Waals surface area contributed by atoms with Crippen LogP contribution in [0.25, 0.3) is 0 Å². The molecule has 1 heterocycles. The quantitative estimate of drug-likeness (QED) is 0.645. The monoisotopic (exact) mass is 246 g/mol. The molecule has 5 heteroatoms. The Morgan fingerprint density at radius 1 is 1.24 bits per heavy atom. The molecule has 3 atom stereocenters. The van der Waals surface area contributed by atoms with Crippen molar-refractivity contribution in [2.45, 2.75) is 38.2 Å². The first kappa shape index (κ1) is 14.9. The largest absolute Gasteiger partial charge is 0.390 e. The molecule has 5 nitrogen and oxygen atoms in total. The second-order valence-corrected chi connectivity index (χ2v) is 4.98. The summed E-state index contributed by atoms with van der Waals surface area (Å²) in [5.41, 5.74) is 0. The Morgan fingerprint density at radius 2 is 1.76 bits per heavy atom. The Labute approximate surface area is 104 Å². The molecule has 0 aromatic rings. The fraction of sp³-hybridized carbons (Fsp3) is 1.00. The highest BCUT2D eigenvalue weighted by Crippen LogP contribution is 2.15. The van der Waals surface area contributed by atoms with Gasteiger partial charge < -0.3 is 19.9 Å². The van der Waals surface area contributed by atoms with E-state index in [1.807, 2.05) is 0 Å². The summed E-state index contributed by atoms with van der Waals surface area (Å²) in [7, 11) is 3.41. The van der Waals surface area contributed by atoms with Crippen LogP contribution in [0.4, 0.5) is 0 Å². The van der Waals surface area contributed by atoms with Gasteiger partial charge in [-0.15, -0.1) is 0 Å². The van der Waals surface area contributed by atoms with Crippen LogP contribution in [0.1, 0.15) is 13.8 Å². The van der Waals surface area contributed by atoms with Gasteiger partial charge in [0.2, 0.25) is 0 Å². The summed E-state index contributed by atoms with van der Waals surface area (Å²) in [6, 6.07) is 0.404. The molecule has 1 fully saturated rings. The van der Waals surface area contributed by atoms with Gasteiger partial charge in [-0.1, -0.05) is 13.8 Å². The number of rotatable bonds is 7. The minimum absolute atomic E-state index is 0.116. The molecule has 2 N–H and O–H groups in total. The Bertz CT molecular complexity index is 202. The Kier molecular flexibility index (Phi) is 6.37. The highest BCUT2D eigenvalue weighted by atomic mass is 16.5. The van der Waals surface area contributed by atoms with Gasteiger partial charge in [-0.3, -0.25) is 4.90 Å². The van der Waals surface area contributed by atoms with E-state index in [4.69, 9.17) is 9.47 Å². The van der Waals surface area contributed by atoms with Gasteiger partial charge in [-0.25, -0.2) is 0 Å². The van der Waals surface area contributed by atoms with E-state index < -0.39 is 0 Å². The Balaban J connectivity index is 2.28. The highest BCUT2D eigenvalue weighted by molar-refractivity contribution is 4.86. The first-order valence-electron chi connectivity index (χ1n) is 6.26. The van der Waals surface area contributed by atoms with Crippen molar-refractivity contribution >= 4 is 0 Å². The van der Waals surface area contributed by atoms with Crippen LogP contribution in [-0.2, 0) is 9.47 Å². The molecule has 17 heavy (non-hydrogen) atoms. The number of aliphatic hydroxyl groups excluding tert-OH is 1. The third kappa shape index (κ3) is 4.89. The van der Waals surface area contributed by atoms with Crippen LogP contribution in [0.15, 0.2) is 0 Å². The SMILES string of the molecule is COC1CN(CC(O)CNC(C)C)CC1OC. The summed E-state index contributed by atoms with van der Waals surface area (Å²) in [5.74, 6) is 0. The molecule has 0 bridgehead atoms.